The summed E-state index contributed by atoms with van der Waals surface area (Å²) in [6, 6.07) is 5.81. The molecule has 0 atom stereocenters. The number of carboxylic acid groups (broad SMARTS) is 4. The zero-order valence-electron chi connectivity index (χ0n) is 14.3. The number of para-hydroxylation sites is 1. The van der Waals surface area contributed by atoms with Gasteiger partial charge in [-0.25, -0.2) is 4.79 Å². The fourth-order valence-corrected chi connectivity index (χ4v) is 0.868. The molecule has 0 aliphatic carbocycles. The van der Waals surface area contributed by atoms with Crippen molar-refractivity contribution >= 4 is 23.9 Å². The average molecular weight is 360 g/mol. The fourth-order valence-electron chi connectivity index (χ4n) is 0.868. The summed E-state index contributed by atoms with van der Waals surface area (Å²) in [4.78, 5) is 38.2. The van der Waals surface area contributed by atoms with E-state index in [1.807, 2.05) is 6.92 Å². The van der Waals surface area contributed by atoms with Crippen LogP contribution in [0.4, 0.5) is 0 Å². The van der Waals surface area contributed by atoms with Crippen molar-refractivity contribution in [2.75, 3.05) is 0 Å². The number of carboxylic acids is 4. The van der Waals surface area contributed by atoms with Gasteiger partial charge in [0, 0.05) is 19.8 Å². The summed E-state index contributed by atoms with van der Waals surface area (Å²) in [5, 5.41) is 40.4. The van der Waals surface area contributed by atoms with Crippen LogP contribution in [0.3, 0.4) is 0 Å². The number of carbonyl (C=O) groups is 4. The van der Waals surface area contributed by atoms with Gasteiger partial charge in [0.2, 0.25) is 0 Å². The van der Waals surface area contributed by atoms with Crippen LogP contribution in [0.25, 0.3) is 0 Å². The molecule has 5 N–H and O–H groups in total. The van der Waals surface area contributed by atoms with Crippen LogP contribution < -0.4 is 0 Å². The van der Waals surface area contributed by atoms with Crippen molar-refractivity contribution in [2.45, 2.75) is 40.0 Å². The Morgan fingerprint density at radius 3 is 1.44 bits per heavy atom. The lowest BCUT2D eigenvalue weighted by Gasteiger charge is -1.95. The van der Waals surface area contributed by atoms with Gasteiger partial charge in [-0.2, -0.15) is 0 Å². The standard InChI is InChI=1S/C7H6O3.C4H8O2.C3H6O2.C2H4O2/c8-6-4-2-1-3-5(6)7(9)10;1-2-3-4(5)6;1-2-3(4)5;1-2(3)4/h1-4,8H,(H,9,10);2-3H2,1H3,(H,5,6);2H2,1H3,(H,4,5);1H3,(H,3,4). The highest BCUT2D eigenvalue weighted by Gasteiger charge is 2.05. The molecule has 1 aromatic carbocycles. The molecule has 0 aliphatic heterocycles. The third-order valence-electron chi connectivity index (χ3n) is 1.90. The lowest BCUT2D eigenvalue weighted by Crippen LogP contribution is -1.95. The van der Waals surface area contributed by atoms with Crippen LogP contribution in [0.2, 0.25) is 0 Å². The summed E-state index contributed by atoms with van der Waals surface area (Å²) in [5.74, 6) is -3.60. The maximum atomic E-state index is 10.3. The monoisotopic (exact) mass is 360 g/mol. The van der Waals surface area contributed by atoms with Gasteiger partial charge in [-0.15, -0.1) is 0 Å². The Balaban J connectivity index is -0.000000280. The molecule has 9 nitrogen and oxygen atoms in total. The van der Waals surface area contributed by atoms with E-state index in [0.717, 1.165) is 13.3 Å². The number of aromatic carboxylic acids is 1. The Morgan fingerprint density at radius 1 is 0.880 bits per heavy atom. The smallest absolute Gasteiger partial charge is 0.339 e. The largest absolute Gasteiger partial charge is 0.507 e. The van der Waals surface area contributed by atoms with Gasteiger partial charge >= 0.3 is 17.9 Å². The van der Waals surface area contributed by atoms with E-state index in [0.29, 0.717) is 6.42 Å². The normalized spacial score (nSPS) is 8.12. The van der Waals surface area contributed by atoms with Gasteiger partial charge in [-0.3, -0.25) is 14.4 Å². The second-order valence-corrected chi connectivity index (χ2v) is 4.23. The first-order chi connectivity index (χ1) is 11.5. The molecule has 0 saturated carbocycles. The summed E-state index contributed by atoms with van der Waals surface area (Å²) in [6.45, 7) is 4.52. The fraction of sp³-hybridized carbons (Fsp3) is 0.375. The van der Waals surface area contributed by atoms with Crippen molar-refractivity contribution in [1.82, 2.24) is 0 Å². The number of hydrogen-bond donors (Lipinski definition) is 5. The average Bonchev–Trinajstić information content (AvgIpc) is 2.48. The molecule has 0 radical (unpaired) electrons. The minimum absolute atomic E-state index is 0.0671. The molecule has 1 rings (SSSR count). The molecule has 0 saturated heterocycles. The topological polar surface area (TPSA) is 169 Å². The van der Waals surface area contributed by atoms with E-state index < -0.39 is 23.9 Å². The third kappa shape index (κ3) is 26.1. The number of aliphatic carboxylic acids is 3. The van der Waals surface area contributed by atoms with E-state index in [4.69, 9.17) is 30.3 Å². The maximum absolute atomic E-state index is 10.3. The van der Waals surface area contributed by atoms with E-state index in [2.05, 4.69) is 0 Å². The maximum Gasteiger partial charge on any atom is 0.339 e. The molecule has 0 fully saturated rings. The van der Waals surface area contributed by atoms with Crippen molar-refractivity contribution in [3.05, 3.63) is 29.8 Å². The van der Waals surface area contributed by atoms with Crippen LogP contribution in [0, 0.1) is 0 Å². The first kappa shape index (κ1) is 26.8. The predicted molar refractivity (Wildman–Crippen MR) is 88.8 cm³/mol. The molecule has 9 heteroatoms. The van der Waals surface area contributed by atoms with Gasteiger partial charge < -0.3 is 25.5 Å². The molecular weight excluding hydrogens is 336 g/mol. The summed E-state index contributed by atoms with van der Waals surface area (Å²) in [5.41, 5.74) is -0.0671. The van der Waals surface area contributed by atoms with Gasteiger partial charge in [0.1, 0.15) is 11.3 Å². The quantitative estimate of drug-likeness (QED) is 0.541. The van der Waals surface area contributed by atoms with Crippen molar-refractivity contribution in [3.8, 4) is 5.75 Å². The van der Waals surface area contributed by atoms with Crippen LogP contribution in [0.5, 0.6) is 5.75 Å². The Kier molecular flexibility index (Phi) is 18.5. The zero-order chi connectivity index (χ0) is 20.4. The van der Waals surface area contributed by atoms with Crippen LogP contribution in [0.15, 0.2) is 24.3 Å². The molecule has 0 bridgehead atoms. The van der Waals surface area contributed by atoms with Crippen molar-refractivity contribution < 1.29 is 44.7 Å². The molecule has 0 amide bonds. The van der Waals surface area contributed by atoms with Crippen LogP contribution in [-0.2, 0) is 14.4 Å². The molecule has 0 heterocycles. The molecule has 25 heavy (non-hydrogen) atoms. The number of rotatable bonds is 4. The number of aromatic hydroxyl groups is 1. The molecule has 1 aromatic rings. The molecule has 0 aliphatic rings. The lowest BCUT2D eigenvalue weighted by molar-refractivity contribution is -0.137. The SMILES string of the molecule is CC(=O)O.CCC(=O)O.CCCC(=O)O.O=C(O)c1ccccc1O. The van der Waals surface area contributed by atoms with Crippen molar-refractivity contribution in [1.29, 1.82) is 0 Å². The van der Waals surface area contributed by atoms with E-state index >= 15 is 0 Å². The Labute approximate surface area is 145 Å². The van der Waals surface area contributed by atoms with E-state index in [1.54, 1.807) is 19.1 Å². The number of hydrogen-bond acceptors (Lipinski definition) is 5. The molecular formula is C16H24O9. The molecule has 142 valence electrons. The third-order valence-corrected chi connectivity index (χ3v) is 1.90. The van der Waals surface area contributed by atoms with Crippen LogP contribution in [-0.4, -0.2) is 49.4 Å². The van der Waals surface area contributed by atoms with Gasteiger partial charge in [0.25, 0.3) is 5.97 Å². The van der Waals surface area contributed by atoms with Gasteiger partial charge in [-0.05, 0) is 18.6 Å². The van der Waals surface area contributed by atoms with E-state index in [9.17, 15) is 14.4 Å². The highest BCUT2D eigenvalue weighted by atomic mass is 16.4. The highest BCUT2D eigenvalue weighted by molar-refractivity contribution is 5.90. The minimum Gasteiger partial charge on any atom is -0.507 e. The Morgan fingerprint density at radius 2 is 1.28 bits per heavy atom. The first-order valence-electron chi connectivity index (χ1n) is 7.13. The van der Waals surface area contributed by atoms with E-state index in [-0.39, 0.29) is 17.7 Å². The summed E-state index contributed by atoms with van der Waals surface area (Å²) in [6.07, 6.45) is 1.25. The molecule has 0 aromatic heterocycles. The van der Waals surface area contributed by atoms with Crippen LogP contribution in [0.1, 0.15) is 50.4 Å². The summed E-state index contributed by atoms with van der Waals surface area (Å²) < 4.78 is 0. The summed E-state index contributed by atoms with van der Waals surface area (Å²) in [7, 11) is 0. The molecule has 0 unspecified atom stereocenters. The molecule has 0 spiro atoms. The number of phenols is 1. The second-order valence-electron chi connectivity index (χ2n) is 4.23. The van der Waals surface area contributed by atoms with Crippen LogP contribution >= 0.6 is 0 Å². The Bertz CT molecular complexity index is 534. The Hall–Kier alpha value is -3.10. The van der Waals surface area contributed by atoms with Crippen molar-refractivity contribution in [2.24, 2.45) is 0 Å². The van der Waals surface area contributed by atoms with Gasteiger partial charge in [0.15, 0.2) is 0 Å². The summed E-state index contributed by atoms with van der Waals surface area (Å²) >= 11 is 0. The lowest BCUT2D eigenvalue weighted by atomic mass is 10.2. The number of benzene rings is 1. The van der Waals surface area contributed by atoms with Gasteiger partial charge in [0.05, 0.1) is 0 Å². The highest BCUT2D eigenvalue weighted by Crippen LogP contribution is 2.14. The second kappa shape index (κ2) is 17.3. The predicted octanol–water partition coefficient (Wildman–Crippen LogP) is 2.53. The zero-order valence-corrected chi connectivity index (χ0v) is 14.3. The van der Waals surface area contributed by atoms with Crippen molar-refractivity contribution in [3.63, 3.8) is 0 Å². The minimum atomic E-state index is -1.11. The van der Waals surface area contributed by atoms with E-state index in [1.165, 1.54) is 12.1 Å². The first-order valence-corrected chi connectivity index (χ1v) is 7.13. The van der Waals surface area contributed by atoms with Gasteiger partial charge in [-0.1, -0.05) is 26.0 Å².